The van der Waals surface area contributed by atoms with E-state index in [0.717, 1.165) is 30.5 Å². The third-order valence-corrected chi connectivity index (χ3v) is 11.0. The van der Waals surface area contributed by atoms with Gasteiger partial charge >= 0.3 is 0 Å². The first-order chi connectivity index (χ1) is 23.2. The number of hydrogen-bond donors (Lipinski definition) is 0. The number of rotatable bonds is 3. The molecular formula is C46H32IrN-. The maximum atomic E-state index is 4.64. The molecule has 0 fully saturated rings. The second-order valence-electron chi connectivity index (χ2n) is 13.5. The number of allylic oxidation sites excluding steroid dienone is 8. The summed E-state index contributed by atoms with van der Waals surface area (Å²) in [6.45, 7) is 0. The van der Waals surface area contributed by atoms with Crippen LogP contribution in [0.2, 0.25) is 0 Å². The van der Waals surface area contributed by atoms with E-state index in [1.807, 2.05) is 12.3 Å². The number of hydrogen-bond acceptors (Lipinski definition) is 1. The quantitative estimate of drug-likeness (QED) is 0.163. The molecule has 4 aliphatic carbocycles. The number of nitrogens with zero attached hydrogens (tertiary/aromatic N) is 1. The van der Waals surface area contributed by atoms with E-state index in [1.165, 1.54) is 72.0 Å². The number of benzene rings is 5. The van der Waals surface area contributed by atoms with E-state index in [1.54, 1.807) is 0 Å². The van der Waals surface area contributed by atoms with Crippen molar-refractivity contribution < 1.29 is 20.1 Å². The molecule has 48 heavy (non-hydrogen) atoms. The summed E-state index contributed by atoms with van der Waals surface area (Å²) in [5.41, 5.74) is 17.1. The van der Waals surface area contributed by atoms with Crippen LogP contribution in [0.25, 0.3) is 49.9 Å². The van der Waals surface area contributed by atoms with E-state index in [9.17, 15) is 0 Å². The van der Waals surface area contributed by atoms with Crippen LogP contribution >= 0.6 is 0 Å². The number of fused-ring (bicyclic) bond motifs is 8. The number of pyridine rings is 1. The molecular weight excluding hydrogens is 759 g/mol. The van der Waals surface area contributed by atoms with Gasteiger partial charge in [-0.25, -0.2) is 0 Å². The second kappa shape index (κ2) is 11.4. The largest absolute Gasteiger partial charge is 0.305 e. The fraction of sp³-hybridized carbons (Fsp3) is 0.109. The van der Waals surface area contributed by atoms with Gasteiger partial charge in [0.1, 0.15) is 0 Å². The molecule has 0 aliphatic heterocycles. The molecule has 0 N–H and O–H groups in total. The Bertz CT molecular complexity index is 2390. The Labute approximate surface area is 295 Å². The van der Waals surface area contributed by atoms with Gasteiger partial charge in [-0.1, -0.05) is 109 Å². The Morgan fingerprint density at radius 3 is 2.27 bits per heavy atom. The topological polar surface area (TPSA) is 12.9 Å². The maximum Gasteiger partial charge on any atom is 0.0201 e. The van der Waals surface area contributed by atoms with E-state index in [4.69, 9.17) is 0 Å². The second-order valence-corrected chi connectivity index (χ2v) is 13.5. The van der Waals surface area contributed by atoms with Crippen molar-refractivity contribution in [2.75, 3.05) is 0 Å². The van der Waals surface area contributed by atoms with Crippen molar-refractivity contribution in [2.24, 2.45) is 5.92 Å². The van der Waals surface area contributed by atoms with Crippen LogP contribution in [-0.4, -0.2) is 4.98 Å². The van der Waals surface area contributed by atoms with Crippen molar-refractivity contribution >= 4 is 16.3 Å². The normalized spacial score (nSPS) is 19.6. The Balaban J connectivity index is 0.00000314. The van der Waals surface area contributed by atoms with E-state index in [0.29, 0.717) is 5.92 Å². The first-order valence-corrected chi connectivity index (χ1v) is 16.7. The molecule has 0 saturated carbocycles. The molecule has 0 amide bonds. The Hall–Kier alpha value is -4.88. The van der Waals surface area contributed by atoms with Crippen molar-refractivity contribution in [1.82, 2.24) is 4.98 Å². The molecule has 0 bridgehead atoms. The summed E-state index contributed by atoms with van der Waals surface area (Å²) in [7, 11) is 0. The van der Waals surface area contributed by atoms with Crippen molar-refractivity contribution in [3.05, 3.63) is 191 Å². The fourth-order valence-corrected chi connectivity index (χ4v) is 8.58. The van der Waals surface area contributed by atoms with Gasteiger partial charge in [0.05, 0.1) is 0 Å². The van der Waals surface area contributed by atoms with Gasteiger partial charge in [0, 0.05) is 37.6 Å². The molecule has 1 nitrogen and oxygen atoms in total. The van der Waals surface area contributed by atoms with Gasteiger partial charge < -0.3 is 4.98 Å². The SMILES string of the molecule is [Ir].[c-]1cc2c(cc1-c1ccccn1)CC1(C2)c2cc(C3=CC=C4C=CC=CC4C3)ccc2-c2ccc(-c3ccc4ccccc4c3)cc21. The molecule has 1 spiro atoms. The third kappa shape index (κ3) is 4.59. The van der Waals surface area contributed by atoms with Gasteiger partial charge in [-0.05, 0) is 110 Å². The molecule has 1 aromatic heterocycles. The van der Waals surface area contributed by atoms with Crippen molar-refractivity contribution in [3.63, 3.8) is 0 Å². The van der Waals surface area contributed by atoms with Crippen LogP contribution in [0.4, 0.5) is 0 Å². The molecule has 10 rings (SSSR count). The van der Waals surface area contributed by atoms with E-state index in [-0.39, 0.29) is 25.5 Å². The Morgan fingerprint density at radius 1 is 0.667 bits per heavy atom. The molecule has 231 valence electrons. The first-order valence-electron chi connectivity index (χ1n) is 16.7. The van der Waals surface area contributed by atoms with Crippen molar-refractivity contribution in [3.8, 4) is 33.5 Å². The zero-order chi connectivity index (χ0) is 31.0. The monoisotopic (exact) mass is 791 g/mol. The molecule has 2 unspecified atom stereocenters. The summed E-state index contributed by atoms with van der Waals surface area (Å²) >= 11 is 0. The van der Waals surface area contributed by atoms with Crippen LogP contribution < -0.4 is 0 Å². The minimum Gasteiger partial charge on any atom is -0.305 e. The molecule has 4 aliphatic rings. The van der Waals surface area contributed by atoms with Crippen LogP contribution in [0.15, 0.2) is 157 Å². The minimum atomic E-state index is -0.129. The van der Waals surface area contributed by atoms with Crippen LogP contribution in [-0.2, 0) is 38.4 Å². The predicted molar refractivity (Wildman–Crippen MR) is 194 cm³/mol. The zero-order valence-electron chi connectivity index (χ0n) is 26.4. The zero-order valence-corrected chi connectivity index (χ0v) is 28.8. The molecule has 1 radical (unpaired) electrons. The van der Waals surface area contributed by atoms with Gasteiger partial charge in [-0.3, -0.25) is 0 Å². The van der Waals surface area contributed by atoms with Gasteiger partial charge in [0.2, 0.25) is 0 Å². The minimum absolute atomic E-state index is 0. The summed E-state index contributed by atoms with van der Waals surface area (Å²) in [5, 5.41) is 2.55. The predicted octanol–water partition coefficient (Wildman–Crippen LogP) is 10.9. The molecule has 1 heterocycles. The van der Waals surface area contributed by atoms with E-state index < -0.39 is 0 Å². The smallest absolute Gasteiger partial charge is 0.0201 e. The summed E-state index contributed by atoms with van der Waals surface area (Å²) < 4.78 is 0. The van der Waals surface area contributed by atoms with Crippen LogP contribution in [0.1, 0.15) is 34.2 Å². The van der Waals surface area contributed by atoms with Crippen LogP contribution in [0.5, 0.6) is 0 Å². The molecule has 2 atom stereocenters. The average Bonchev–Trinajstić information content (AvgIpc) is 3.66. The van der Waals surface area contributed by atoms with Crippen molar-refractivity contribution in [2.45, 2.75) is 24.7 Å². The fourth-order valence-electron chi connectivity index (χ4n) is 8.58. The molecule has 5 aromatic carbocycles. The van der Waals surface area contributed by atoms with Gasteiger partial charge in [0.25, 0.3) is 0 Å². The van der Waals surface area contributed by atoms with Gasteiger partial charge in [-0.2, -0.15) is 0 Å². The summed E-state index contributed by atoms with van der Waals surface area (Å²) in [5.74, 6) is 0.459. The summed E-state index contributed by atoms with van der Waals surface area (Å²) in [4.78, 5) is 4.64. The summed E-state index contributed by atoms with van der Waals surface area (Å²) in [6.07, 6.45) is 18.5. The van der Waals surface area contributed by atoms with Gasteiger partial charge in [0.15, 0.2) is 0 Å². The van der Waals surface area contributed by atoms with E-state index in [2.05, 4.69) is 151 Å². The summed E-state index contributed by atoms with van der Waals surface area (Å²) in [6, 6.07) is 44.3. The molecule has 2 heteroatoms. The van der Waals surface area contributed by atoms with Crippen LogP contribution in [0.3, 0.4) is 0 Å². The first kappa shape index (κ1) is 29.3. The van der Waals surface area contributed by atoms with Crippen molar-refractivity contribution in [1.29, 1.82) is 0 Å². The number of aromatic nitrogens is 1. The van der Waals surface area contributed by atoms with E-state index >= 15 is 0 Å². The molecule has 6 aromatic rings. The van der Waals surface area contributed by atoms with Gasteiger partial charge in [-0.15, -0.1) is 34.9 Å². The van der Waals surface area contributed by atoms with Crippen LogP contribution in [0, 0.1) is 12.0 Å². The third-order valence-electron chi connectivity index (χ3n) is 11.0. The molecule has 0 saturated heterocycles. The average molecular weight is 791 g/mol. The maximum absolute atomic E-state index is 4.64. The standard InChI is InChI=1S/C46H32N.Ir/c1-3-9-32-23-34(14-12-30(32)7-1)36-18-20-41-42-21-19-37(35-15-13-31-8-2-4-10-33(31)24-35)27-44(42)46(43(41)26-36)28-39-17-16-38(25-40(39)29-46)45-11-5-6-22-47-45;/h1-15,17-23,25-27,33H,24,28-29H2;/q-1;. The Morgan fingerprint density at radius 2 is 1.42 bits per heavy atom. The Kier molecular flexibility index (Phi) is 6.94.